The van der Waals surface area contributed by atoms with Crippen LogP contribution in [0.25, 0.3) is 11.0 Å². The Bertz CT molecular complexity index is 897. The fourth-order valence-electron chi connectivity index (χ4n) is 2.51. The van der Waals surface area contributed by atoms with E-state index in [0.717, 1.165) is 11.0 Å². The fourth-order valence-corrected chi connectivity index (χ4v) is 2.51. The standard InChI is InChI=1S/C18H16N2O4/c1-11-7-8-14(9-15(11)20(22)23)18(21)19-12(2)17-10-13-5-3-4-6-16(13)24-17/h3-10,12H,1-2H3,(H,19,21)/t12-/m0/s1. The molecule has 1 atom stereocenters. The zero-order valence-corrected chi connectivity index (χ0v) is 13.3. The van der Waals surface area contributed by atoms with Crippen molar-refractivity contribution in [2.45, 2.75) is 19.9 Å². The molecule has 0 spiro atoms. The number of nitrogens with one attached hydrogen (secondary N) is 1. The van der Waals surface area contributed by atoms with Gasteiger partial charge in [0.15, 0.2) is 0 Å². The number of fused-ring (bicyclic) bond motifs is 1. The Hall–Kier alpha value is -3.15. The van der Waals surface area contributed by atoms with E-state index >= 15 is 0 Å². The molecule has 0 saturated carbocycles. The maximum absolute atomic E-state index is 12.4. The van der Waals surface area contributed by atoms with Crippen LogP contribution in [0.1, 0.15) is 34.6 Å². The van der Waals surface area contributed by atoms with Crippen LogP contribution in [0.3, 0.4) is 0 Å². The van der Waals surface area contributed by atoms with Crippen molar-refractivity contribution in [3.8, 4) is 0 Å². The van der Waals surface area contributed by atoms with Gasteiger partial charge in [-0.3, -0.25) is 14.9 Å². The number of benzene rings is 2. The third-order valence-electron chi connectivity index (χ3n) is 3.89. The van der Waals surface area contributed by atoms with Crippen LogP contribution < -0.4 is 5.32 Å². The van der Waals surface area contributed by atoms with Gasteiger partial charge in [-0.25, -0.2) is 0 Å². The Kier molecular flexibility index (Phi) is 4.04. The topological polar surface area (TPSA) is 85.4 Å². The van der Waals surface area contributed by atoms with Crippen molar-refractivity contribution in [2.24, 2.45) is 0 Å². The number of nitro benzene ring substituents is 1. The van der Waals surface area contributed by atoms with Gasteiger partial charge >= 0.3 is 0 Å². The molecule has 0 aliphatic rings. The van der Waals surface area contributed by atoms with Gasteiger partial charge < -0.3 is 9.73 Å². The van der Waals surface area contributed by atoms with Crippen LogP contribution in [0.4, 0.5) is 5.69 Å². The molecule has 122 valence electrons. The molecule has 0 aliphatic heterocycles. The average Bonchev–Trinajstić information content (AvgIpc) is 2.99. The van der Waals surface area contributed by atoms with Crippen LogP contribution in [0.5, 0.6) is 0 Å². The summed E-state index contributed by atoms with van der Waals surface area (Å²) in [6.07, 6.45) is 0. The van der Waals surface area contributed by atoms with E-state index < -0.39 is 4.92 Å². The molecule has 1 N–H and O–H groups in total. The Morgan fingerprint density at radius 2 is 1.96 bits per heavy atom. The summed E-state index contributed by atoms with van der Waals surface area (Å²) in [7, 11) is 0. The highest BCUT2D eigenvalue weighted by atomic mass is 16.6. The molecule has 1 amide bonds. The van der Waals surface area contributed by atoms with Gasteiger partial charge in [0.05, 0.1) is 11.0 Å². The lowest BCUT2D eigenvalue weighted by Gasteiger charge is -2.11. The Morgan fingerprint density at radius 1 is 1.21 bits per heavy atom. The molecule has 0 saturated heterocycles. The summed E-state index contributed by atoms with van der Waals surface area (Å²) in [6, 6.07) is 13.5. The zero-order valence-electron chi connectivity index (χ0n) is 13.3. The number of hydrogen-bond acceptors (Lipinski definition) is 4. The highest BCUT2D eigenvalue weighted by molar-refractivity contribution is 5.95. The molecule has 2 aromatic carbocycles. The van der Waals surface area contributed by atoms with Crippen LogP contribution in [-0.2, 0) is 0 Å². The summed E-state index contributed by atoms with van der Waals surface area (Å²) < 4.78 is 5.72. The molecule has 1 aromatic heterocycles. The average molecular weight is 324 g/mol. The number of carbonyl (C=O) groups excluding carboxylic acids is 1. The summed E-state index contributed by atoms with van der Waals surface area (Å²) >= 11 is 0. The third-order valence-corrected chi connectivity index (χ3v) is 3.89. The summed E-state index contributed by atoms with van der Waals surface area (Å²) in [5.74, 6) is 0.247. The fraction of sp³-hybridized carbons (Fsp3) is 0.167. The summed E-state index contributed by atoms with van der Waals surface area (Å²) in [6.45, 7) is 3.44. The van der Waals surface area contributed by atoms with E-state index in [9.17, 15) is 14.9 Å². The van der Waals surface area contributed by atoms with Crippen molar-refractivity contribution in [1.29, 1.82) is 0 Å². The molecule has 6 heteroatoms. The predicted molar refractivity (Wildman–Crippen MR) is 89.9 cm³/mol. The lowest BCUT2D eigenvalue weighted by molar-refractivity contribution is -0.385. The van der Waals surface area contributed by atoms with Crippen molar-refractivity contribution < 1.29 is 14.1 Å². The molecular formula is C18H16N2O4. The van der Waals surface area contributed by atoms with Crippen molar-refractivity contribution in [3.63, 3.8) is 0 Å². The van der Waals surface area contributed by atoms with Gasteiger partial charge in [-0.05, 0) is 32.0 Å². The Morgan fingerprint density at radius 3 is 2.67 bits per heavy atom. The third kappa shape index (κ3) is 2.99. The lowest BCUT2D eigenvalue weighted by atomic mass is 10.1. The largest absolute Gasteiger partial charge is 0.459 e. The number of hydrogen-bond donors (Lipinski definition) is 1. The van der Waals surface area contributed by atoms with Gasteiger partial charge in [0.1, 0.15) is 11.3 Å². The van der Waals surface area contributed by atoms with Crippen LogP contribution in [0.15, 0.2) is 52.9 Å². The van der Waals surface area contributed by atoms with Gasteiger partial charge in [-0.2, -0.15) is 0 Å². The summed E-state index contributed by atoms with van der Waals surface area (Å²) in [4.78, 5) is 22.9. The van der Waals surface area contributed by atoms with E-state index in [4.69, 9.17) is 4.42 Å². The van der Waals surface area contributed by atoms with E-state index in [0.29, 0.717) is 11.3 Å². The first-order valence-electron chi connectivity index (χ1n) is 7.50. The highest BCUT2D eigenvalue weighted by Crippen LogP contribution is 2.24. The maximum atomic E-state index is 12.4. The normalized spacial score (nSPS) is 12.1. The number of para-hydroxylation sites is 1. The van der Waals surface area contributed by atoms with Gasteiger partial charge in [-0.1, -0.05) is 24.3 Å². The molecule has 0 unspecified atom stereocenters. The molecule has 24 heavy (non-hydrogen) atoms. The van der Waals surface area contributed by atoms with E-state index in [1.807, 2.05) is 30.3 Å². The second-order valence-electron chi connectivity index (χ2n) is 5.64. The van der Waals surface area contributed by atoms with Crippen LogP contribution in [-0.4, -0.2) is 10.8 Å². The number of furan rings is 1. The van der Waals surface area contributed by atoms with Crippen LogP contribution >= 0.6 is 0 Å². The van der Waals surface area contributed by atoms with Crippen molar-refractivity contribution in [2.75, 3.05) is 0 Å². The van der Waals surface area contributed by atoms with Gasteiger partial charge in [-0.15, -0.1) is 0 Å². The Labute approximate surface area is 138 Å². The first-order valence-corrected chi connectivity index (χ1v) is 7.50. The minimum absolute atomic E-state index is 0.0703. The van der Waals surface area contributed by atoms with Crippen molar-refractivity contribution in [3.05, 3.63) is 75.5 Å². The van der Waals surface area contributed by atoms with Crippen LogP contribution in [0.2, 0.25) is 0 Å². The van der Waals surface area contributed by atoms with Gasteiger partial charge in [0.25, 0.3) is 11.6 Å². The smallest absolute Gasteiger partial charge is 0.273 e. The van der Waals surface area contributed by atoms with E-state index in [1.165, 1.54) is 6.07 Å². The number of aryl methyl sites for hydroxylation is 1. The minimum atomic E-state index is -0.491. The molecule has 0 aliphatic carbocycles. The Balaban J connectivity index is 1.81. The molecule has 1 heterocycles. The first kappa shape index (κ1) is 15.7. The highest BCUT2D eigenvalue weighted by Gasteiger charge is 2.18. The minimum Gasteiger partial charge on any atom is -0.459 e. The molecule has 0 bridgehead atoms. The molecule has 3 aromatic rings. The molecule has 0 radical (unpaired) electrons. The van der Waals surface area contributed by atoms with E-state index in [2.05, 4.69) is 5.32 Å². The van der Waals surface area contributed by atoms with Crippen LogP contribution in [0, 0.1) is 17.0 Å². The van der Waals surface area contributed by atoms with Gasteiger partial charge in [0, 0.05) is 22.6 Å². The predicted octanol–water partition coefficient (Wildman–Crippen LogP) is 4.14. The van der Waals surface area contributed by atoms with Crippen molar-refractivity contribution in [1.82, 2.24) is 5.32 Å². The van der Waals surface area contributed by atoms with Crippen molar-refractivity contribution >= 4 is 22.6 Å². The molecule has 0 fully saturated rings. The number of carbonyl (C=O) groups is 1. The number of amides is 1. The first-order chi connectivity index (χ1) is 11.5. The van der Waals surface area contributed by atoms with E-state index in [1.54, 1.807) is 26.0 Å². The monoisotopic (exact) mass is 324 g/mol. The molecule has 3 rings (SSSR count). The number of rotatable bonds is 4. The molecular weight excluding hydrogens is 308 g/mol. The molecule has 6 nitrogen and oxygen atoms in total. The zero-order chi connectivity index (χ0) is 17.3. The van der Waals surface area contributed by atoms with Gasteiger partial charge in [0.2, 0.25) is 0 Å². The SMILES string of the molecule is Cc1ccc(C(=O)N[C@@H](C)c2cc3ccccc3o2)cc1[N+](=O)[O-]. The number of nitro groups is 1. The van der Waals surface area contributed by atoms with E-state index in [-0.39, 0.29) is 23.2 Å². The second-order valence-corrected chi connectivity index (χ2v) is 5.64. The second kappa shape index (κ2) is 6.16. The summed E-state index contributed by atoms with van der Waals surface area (Å²) in [5.41, 5.74) is 1.44. The number of nitrogens with zero attached hydrogens (tertiary/aromatic N) is 1. The summed E-state index contributed by atoms with van der Waals surface area (Å²) in [5, 5.41) is 14.8. The quantitative estimate of drug-likeness (QED) is 0.577. The maximum Gasteiger partial charge on any atom is 0.273 e. The lowest BCUT2D eigenvalue weighted by Crippen LogP contribution is -2.26.